The van der Waals surface area contributed by atoms with Crippen molar-refractivity contribution in [2.24, 2.45) is 0 Å². The van der Waals surface area contributed by atoms with Gasteiger partial charge in [0.15, 0.2) is 0 Å². The standard InChI is InChI=1S/C13H9NO2/c15-12-10-7-3-6-9(8-4-1-2-5-8)11(10)13(16)14-12/h1-8H,(H,14,15,16). The molecule has 0 aromatic heterocycles. The van der Waals surface area contributed by atoms with Crippen molar-refractivity contribution in [1.29, 1.82) is 0 Å². The average Bonchev–Trinajstić information content (AvgIpc) is 2.88. The van der Waals surface area contributed by atoms with Crippen LogP contribution < -0.4 is 5.32 Å². The molecule has 1 aromatic carbocycles. The molecular formula is C13H9NO2. The van der Waals surface area contributed by atoms with Crippen LogP contribution in [-0.2, 0) is 0 Å². The van der Waals surface area contributed by atoms with Gasteiger partial charge in [-0.3, -0.25) is 14.9 Å². The fourth-order valence-corrected chi connectivity index (χ4v) is 2.16. The molecular weight excluding hydrogens is 202 g/mol. The molecule has 1 aliphatic heterocycles. The maximum absolute atomic E-state index is 11.7. The summed E-state index contributed by atoms with van der Waals surface area (Å²) < 4.78 is 0. The number of imide groups is 1. The highest BCUT2D eigenvalue weighted by molar-refractivity contribution is 6.22. The maximum Gasteiger partial charge on any atom is 0.259 e. The van der Waals surface area contributed by atoms with Crippen molar-refractivity contribution in [2.75, 3.05) is 0 Å². The fourth-order valence-electron chi connectivity index (χ4n) is 2.16. The maximum atomic E-state index is 11.7. The number of fused-ring (bicyclic) bond motifs is 1. The Hall–Kier alpha value is -2.16. The molecule has 1 aromatic rings. The first-order valence-corrected chi connectivity index (χ1v) is 5.11. The molecule has 0 radical (unpaired) electrons. The number of hydrogen-bond acceptors (Lipinski definition) is 2. The first kappa shape index (κ1) is 9.09. The quantitative estimate of drug-likeness (QED) is 0.720. The van der Waals surface area contributed by atoms with Crippen molar-refractivity contribution in [3.05, 3.63) is 59.2 Å². The molecule has 3 nitrogen and oxygen atoms in total. The van der Waals surface area contributed by atoms with E-state index in [0.717, 1.165) is 5.56 Å². The van der Waals surface area contributed by atoms with Crippen LogP contribution in [0.5, 0.6) is 0 Å². The summed E-state index contributed by atoms with van der Waals surface area (Å²) in [6.45, 7) is 0. The van der Waals surface area contributed by atoms with E-state index in [2.05, 4.69) is 5.32 Å². The molecule has 0 fully saturated rings. The summed E-state index contributed by atoms with van der Waals surface area (Å²) in [7, 11) is 0. The molecule has 1 aliphatic carbocycles. The highest BCUT2D eigenvalue weighted by Gasteiger charge is 2.30. The molecule has 0 bridgehead atoms. The zero-order chi connectivity index (χ0) is 11.1. The minimum atomic E-state index is -0.298. The minimum absolute atomic E-state index is 0.103. The zero-order valence-electron chi connectivity index (χ0n) is 8.44. The molecule has 3 heteroatoms. The lowest BCUT2D eigenvalue weighted by Crippen LogP contribution is -2.20. The lowest BCUT2D eigenvalue weighted by atomic mass is 9.93. The van der Waals surface area contributed by atoms with E-state index in [9.17, 15) is 9.59 Å². The SMILES string of the molecule is O=C1NC(=O)c2c1cccc2C1C=CC=C1. The number of allylic oxidation sites excluding steroid dienone is 4. The summed E-state index contributed by atoms with van der Waals surface area (Å²) in [6.07, 6.45) is 7.90. The summed E-state index contributed by atoms with van der Waals surface area (Å²) >= 11 is 0. The van der Waals surface area contributed by atoms with Gasteiger partial charge in [-0.2, -0.15) is 0 Å². The summed E-state index contributed by atoms with van der Waals surface area (Å²) in [6, 6.07) is 5.38. The molecule has 2 aliphatic rings. The van der Waals surface area contributed by atoms with Crippen molar-refractivity contribution in [3.63, 3.8) is 0 Å². The van der Waals surface area contributed by atoms with Gasteiger partial charge >= 0.3 is 0 Å². The zero-order valence-corrected chi connectivity index (χ0v) is 8.44. The Bertz CT molecular complexity index is 543. The molecule has 0 saturated heterocycles. The van der Waals surface area contributed by atoms with Crippen molar-refractivity contribution in [3.8, 4) is 0 Å². The molecule has 1 heterocycles. The average molecular weight is 211 g/mol. The monoisotopic (exact) mass is 211 g/mol. The normalized spacial score (nSPS) is 18.0. The minimum Gasteiger partial charge on any atom is -0.288 e. The van der Waals surface area contributed by atoms with Gasteiger partial charge in [-0.15, -0.1) is 0 Å². The van der Waals surface area contributed by atoms with Crippen molar-refractivity contribution >= 4 is 11.8 Å². The summed E-state index contributed by atoms with van der Waals surface area (Å²) in [5.74, 6) is -0.483. The van der Waals surface area contributed by atoms with E-state index in [1.165, 1.54) is 0 Å². The molecule has 3 rings (SSSR count). The molecule has 78 valence electrons. The second kappa shape index (κ2) is 3.17. The molecule has 16 heavy (non-hydrogen) atoms. The summed E-state index contributed by atoms with van der Waals surface area (Å²) in [4.78, 5) is 23.1. The summed E-state index contributed by atoms with van der Waals surface area (Å²) in [5.41, 5.74) is 1.90. The van der Waals surface area contributed by atoms with Gasteiger partial charge in [0, 0.05) is 5.92 Å². The van der Waals surface area contributed by atoms with E-state index in [4.69, 9.17) is 0 Å². The second-order valence-corrected chi connectivity index (χ2v) is 3.85. The largest absolute Gasteiger partial charge is 0.288 e. The number of rotatable bonds is 1. The number of benzene rings is 1. The van der Waals surface area contributed by atoms with Crippen LogP contribution in [0.15, 0.2) is 42.5 Å². The van der Waals surface area contributed by atoms with Gasteiger partial charge in [0.25, 0.3) is 11.8 Å². The molecule has 0 saturated carbocycles. The van der Waals surface area contributed by atoms with Gasteiger partial charge < -0.3 is 0 Å². The Morgan fingerprint density at radius 3 is 2.50 bits per heavy atom. The second-order valence-electron chi connectivity index (χ2n) is 3.85. The lowest BCUT2D eigenvalue weighted by Gasteiger charge is -2.09. The third-order valence-corrected chi connectivity index (χ3v) is 2.90. The van der Waals surface area contributed by atoms with Crippen LogP contribution in [0.25, 0.3) is 0 Å². The Balaban J connectivity index is 2.21. The number of nitrogens with one attached hydrogen (secondary N) is 1. The van der Waals surface area contributed by atoms with Crippen LogP contribution in [0.4, 0.5) is 0 Å². The van der Waals surface area contributed by atoms with Crippen LogP contribution in [0, 0.1) is 0 Å². The Labute approximate surface area is 92.5 Å². The highest BCUT2D eigenvalue weighted by Crippen LogP contribution is 2.30. The number of carbonyl (C=O) groups is 2. The van der Waals surface area contributed by atoms with Crippen molar-refractivity contribution in [1.82, 2.24) is 5.32 Å². The predicted octanol–water partition coefficient (Wildman–Crippen LogP) is 1.78. The Morgan fingerprint density at radius 1 is 1.00 bits per heavy atom. The van der Waals surface area contributed by atoms with E-state index in [1.54, 1.807) is 6.07 Å². The number of carbonyl (C=O) groups excluding carboxylic acids is 2. The number of hydrogen-bond donors (Lipinski definition) is 1. The highest BCUT2D eigenvalue weighted by atomic mass is 16.2. The molecule has 1 N–H and O–H groups in total. The lowest BCUT2D eigenvalue weighted by molar-refractivity contribution is 0.0879. The Kier molecular flexibility index (Phi) is 1.80. The van der Waals surface area contributed by atoms with Gasteiger partial charge in [0.2, 0.25) is 0 Å². The van der Waals surface area contributed by atoms with Crippen LogP contribution in [0.3, 0.4) is 0 Å². The van der Waals surface area contributed by atoms with Crippen LogP contribution in [-0.4, -0.2) is 11.8 Å². The smallest absolute Gasteiger partial charge is 0.259 e. The van der Waals surface area contributed by atoms with E-state index in [0.29, 0.717) is 11.1 Å². The van der Waals surface area contributed by atoms with Crippen LogP contribution in [0.2, 0.25) is 0 Å². The topological polar surface area (TPSA) is 46.2 Å². The molecule has 0 spiro atoms. The van der Waals surface area contributed by atoms with Crippen LogP contribution >= 0.6 is 0 Å². The molecule has 2 amide bonds. The predicted molar refractivity (Wildman–Crippen MR) is 59.3 cm³/mol. The molecule has 0 atom stereocenters. The third-order valence-electron chi connectivity index (χ3n) is 2.90. The first-order chi connectivity index (χ1) is 7.77. The van der Waals surface area contributed by atoms with Crippen LogP contribution in [0.1, 0.15) is 32.2 Å². The van der Waals surface area contributed by atoms with Gasteiger partial charge in [-0.1, -0.05) is 36.4 Å². The van der Waals surface area contributed by atoms with Crippen molar-refractivity contribution < 1.29 is 9.59 Å². The van der Waals surface area contributed by atoms with Gasteiger partial charge in [0.1, 0.15) is 0 Å². The van der Waals surface area contributed by atoms with E-state index < -0.39 is 0 Å². The van der Waals surface area contributed by atoms with E-state index in [1.807, 2.05) is 36.4 Å². The number of amides is 2. The third kappa shape index (κ3) is 1.15. The van der Waals surface area contributed by atoms with E-state index >= 15 is 0 Å². The van der Waals surface area contributed by atoms with Crippen molar-refractivity contribution in [2.45, 2.75) is 5.92 Å². The van der Waals surface area contributed by atoms with Gasteiger partial charge in [-0.25, -0.2) is 0 Å². The fraction of sp³-hybridized carbons (Fsp3) is 0.0769. The Morgan fingerprint density at radius 2 is 1.75 bits per heavy atom. The van der Waals surface area contributed by atoms with Gasteiger partial charge in [0.05, 0.1) is 11.1 Å². The van der Waals surface area contributed by atoms with Gasteiger partial charge in [-0.05, 0) is 11.6 Å². The first-order valence-electron chi connectivity index (χ1n) is 5.11. The summed E-state index contributed by atoms with van der Waals surface area (Å²) in [5, 5.41) is 2.32. The molecule has 0 unspecified atom stereocenters. The van der Waals surface area contributed by atoms with E-state index in [-0.39, 0.29) is 17.7 Å².